The molecule has 0 bridgehead atoms. The standard InChI is InChI=1S/C15H26N2O2S2/c1-11(2)16-10-14-15(8-9-20-14)21(18,19)17-12(3)13-6-4-5-7-13/h8-9,11-13,16-17H,4-7,10H2,1-3H3. The number of nitrogens with one attached hydrogen (secondary N) is 2. The van der Waals surface area contributed by atoms with Crippen LogP contribution >= 0.6 is 11.3 Å². The maximum Gasteiger partial charge on any atom is 0.241 e. The first-order chi connectivity index (χ1) is 9.90. The van der Waals surface area contributed by atoms with Crippen LogP contribution in [0.25, 0.3) is 0 Å². The topological polar surface area (TPSA) is 58.2 Å². The van der Waals surface area contributed by atoms with Crippen molar-refractivity contribution in [1.29, 1.82) is 0 Å². The molecule has 2 rings (SSSR count). The maximum atomic E-state index is 12.6. The molecule has 1 aliphatic carbocycles. The van der Waals surface area contributed by atoms with Gasteiger partial charge < -0.3 is 5.32 Å². The van der Waals surface area contributed by atoms with Crippen molar-refractivity contribution in [3.05, 3.63) is 16.3 Å². The molecule has 0 aromatic carbocycles. The average molecular weight is 331 g/mol. The van der Waals surface area contributed by atoms with Gasteiger partial charge in [-0.3, -0.25) is 0 Å². The van der Waals surface area contributed by atoms with Gasteiger partial charge in [0.2, 0.25) is 10.0 Å². The van der Waals surface area contributed by atoms with Gasteiger partial charge in [0.1, 0.15) is 0 Å². The summed E-state index contributed by atoms with van der Waals surface area (Å²) in [6, 6.07) is 2.07. The lowest BCUT2D eigenvalue weighted by molar-refractivity contribution is 0.424. The minimum Gasteiger partial charge on any atom is -0.310 e. The van der Waals surface area contributed by atoms with E-state index in [1.54, 1.807) is 6.07 Å². The van der Waals surface area contributed by atoms with Gasteiger partial charge in [-0.25, -0.2) is 13.1 Å². The highest BCUT2D eigenvalue weighted by Gasteiger charge is 2.27. The zero-order valence-corrected chi connectivity index (χ0v) is 14.7. The smallest absolute Gasteiger partial charge is 0.241 e. The van der Waals surface area contributed by atoms with E-state index in [-0.39, 0.29) is 6.04 Å². The van der Waals surface area contributed by atoms with Crippen LogP contribution in [0.15, 0.2) is 16.3 Å². The molecule has 0 aliphatic heterocycles. The van der Waals surface area contributed by atoms with E-state index in [2.05, 4.69) is 23.9 Å². The van der Waals surface area contributed by atoms with Crippen LogP contribution in [0, 0.1) is 5.92 Å². The molecule has 0 radical (unpaired) electrons. The Bertz CT molecular complexity index is 546. The molecule has 2 N–H and O–H groups in total. The monoisotopic (exact) mass is 330 g/mol. The minimum absolute atomic E-state index is 0.0170. The second-order valence-electron chi connectivity index (χ2n) is 6.20. The molecular formula is C15H26N2O2S2. The molecule has 1 atom stereocenters. The van der Waals surface area contributed by atoms with Gasteiger partial charge in [-0.15, -0.1) is 11.3 Å². The molecule has 21 heavy (non-hydrogen) atoms. The van der Waals surface area contributed by atoms with E-state index in [0.29, 0.717) is 23.4 Å². The Labute approximate surface area is 132 Å². The SMILES string of the molecule is CC(C)NCc1sccc1S(=O)(=O)NC(C)C1CCCC1. The third-order valence-electron chi connectivity index (χ3n) is 4.11. The summed E-state index contributed by atoms with van der Waals surface area (Å²) in [6.45, 7) is 6.71. The highest BCUT2D eigenvalue weighted by atomic mass is 32.2. The molecular weight excluding hydrogens is 304 g/mol. The third kappa shape index (κ3) is 4.52. The average Bonchev–Trinajstić information content (AvgIpc) is 3.07. The molecule has 1 saturated carbocycles. The normalized spacial score (nSPS) is 18.5. The van der Waals surface area contributed by atoms with Gasteiger partial charge in [-0.05, 0) is 37.1 Å². The summed E-state index contributed by atoms with van der Waals surface area (Å²) >= 11 is 1.50. The highest BCUT2D eigenvalue weighted by molar-refractivity contribution is 7.89. The number of thiophene rings is 1. The lowest BCUT2D eigenvalue weighted by Gasteiger charge is -2.20. The van der Waals surface area contributed by atoms with E-state index in [1.165, 1.54) is 24.2 Å². The van der Waals surface area contributed by atoms with Gasteiger partial charge in [0, 0.05) is 23.5 Å². The Balaban J connectivity index is 2.06. The van der Waals surface area contributed by atoms with Crippen LogP contribution < -0.4 is 10.0 Å². The lowest BCUT2D eigenvalue weighted by atomic mass is 10.0. The summed E-state index contributed by atoms with van der Waals surface area (Å²) in [5.41, 5.74) is 0. The molecule has 0 saturated heterocycles. The lowest BCUT2D eigenvalue weighted by Crippen LogP contribution is -2.37. The molecule has 1 aromatic rings. The van der Waals surface area contributed by atoms with Crippen LogP contribution in [0.3, 0.4) is 0 Å². The quantitative estimate of drug-likeness (QED) is 0.807. The van der Waals surface area contributed by atoms with E-state index in [1.807, 2.05) is 12.3 Å². The summed E-state index contributed by atoms with van der Waals surface area (Å²) in [6.07, 6.45) is 4.71. The Kier molecular flexibility index (Phi) is 5.82. The molecule has 1 unspecified atom stereocenters. The predicted molar refractivity (Wildman–Crippen MR) is 88.0 cm³/mol. The third-order valence-corrected chi connectivity index (χ3v) is 6.81. The molecule has 4 nitrogen and oxygen atoms in total. The number of rotatable bonds is 7. The van der Waals surface area contributed by atoms with Gasteiger partial charge in [0.05, 0.1) is 4.90 Å². The molecule has 120 valence electrons. The van der Waals surface area contributed by atoms with Crippen molar-refractivity contribution in [2.24, 2.45) is 5.92 Å². The van der Waals surface area contributed by atoms with E-state index in [4.69, 9.17) is 0 Å². The second-order valence-corrected chi connectivity index (χ2v) is 8.88. The second kappa shape index (κ2) is 7.22. The van der Waals surface area contributed by atoms with Crippen LogP contribution in [-0.4, -0.2) is 20.5 Å². The van der Waals surface area contributed by atoms with Crippen LogP contribution in [0.2, 0.25) is 0 Å². The molecule has 1 aromatic heterocycles. The fourth-order valence-electron chi connectivity index (χ4n) is 2.86. The molecule has 6 heteroatoms. The van der Waals surface area contributed by atoms with Crippen molar-refractivity contribution in [3.8, 4) is 0 Å². The Morgan fingerprint density at radius 1 is 1.29 bits per heavy atom. The van der Waals surface area contributed by atoms with Crippen LogP contribution in [0.5, 0.6) is 0 Å². The first-order valence-corrected chi connectivity index (χ1v) is 10.1. The van der Waals surface area contributed by atoms with Crippen molar-refractivity contribution in [1.82, 2.24) is 10.0 Å². The fraction of sp³-hybridized carbons (Fsp3) is 0.733. The van der Waals surface area contributed by atoms with E-state index < -0.39 is 10.0 Å². The van der Waals surface area contributed by atoms with E-state index in [9.17, 15) is 8.42 Å². The summed E-state index contributed by atoms with van der Waals surface area (Å²) in [4.78, 5) is 1.32. The summed E-state index contributed by atoms with van der Waals surface area (Å²) in [5.74, 6) is 0.482. The van der Waals surface area contributed by atoms with E-state index >= 15 is 0 Å². The first kappa shape index (κ1) is 16.9. The number of hydrogen-bond donors (Lipinski definition) is 2. The summed E-state index contributed by atoms with van der Waals surface area (Å²) in [5, 5.41) is 5.14. The van der Waals surface area contributed by atoms with Crippen LogP contribution in [0.1, 0.15) is 51.3 Å². The van der Waals surface area contributed by atoms with Crippen molar-refractivity contribution in [2.45, 2.75) is 70.0 Å². The summed E-state index contributed by atoms with van der Waals surface area (Å²) in [7, 11) is -3.41. The van der Waals surface area contributed by atoms with Crippen molar-refractivity contribution in [2.75, 3.05) is 0 Å². The van der Waals surface area contributed by atoms with Crippen molar-refractivity contribution < 1.29 is 8.42 Å². The molecule has 1 aliphatic rings. The Morgan fingerprint density at radius 3 is 2.57 bits per heavy atom. The zero-order valence-electron chi connectivity index (χ0n) is 13.1. The molecule has 0 spiro atoms. The van der Waals surface area contributed by atoms with Gasteiger partial charge in [0.25, 0.3) is 0 Å². The number of sulfonamides is 1. The van der Waals surface area contributed by atoms with Gasteiger partial charge in [0.15, 0.2) is 0 Å². The fourth-order valence-corrected chi connectivity index (χ4v) is 5.56. The van der Waals surface area contributed by atoms with Gasteiger partial charge in [-0.1, -0.05) is 26.7 Å². The Morgan fingerprint density at radius 2 is 1.95 bits per heavy atom. The van der Waals surface area contributed by atoms with Crippen LogP contribution in [0.4, 0.5) is 0 Å². The van der Waals surface area contributed by atoms with Crippen molar-refractivity contribution >= 4 is 21.4 Å². The highest BCUT2D eigenvalue weighted by Crippen LogP contribution is 2.29. The Hall–Kier alpha value is -0.430. The molecule has 0 amide bonds. The molecule has 1 fully saturated rings. The van der Waals surface area contributed by atoms with Crippen LogP contribution in [-0.2, 0) is 16.6 Å². The maximum absolute atomic E-state index is 12.6. The van der Waals surface area contributed by atoms with E-state index in [0.717, 1.165) is 17.7 Å². The largest absolute Gasteiger partial charge is 0.310 e. The van der Waals surface area contributed by atoms with Gasteiger partial charge >= 0.3 is 0 Å². The minimum atomic E-state index is -3.41. The number of hydrogen-bond acceptors (Lipinski definition) is 4. The summed E-state index contributed by atoms with van der Waals surface area (Å²) < 4.78 is 28.1. The zero-order chi connectivity index (χ0) is 15.5. The molecule has 1 heterocycles. The predicted octanol–water partition coefficient (Wildman–Crippen LogP) is 3.10. The first-order valence-electron chi connectivity index (χ1n) is 7.72. The van der Waals surface area contributed by atoms with Crippen molar-refractivity contribution in [3.63, 3.8) is 0 Å². The van der Waals surface area contributed by atoms with Gasteiger partial charge in [-0.2, -0.15) is 0 Å².